The second-order valence-corrected chi connectivity index (χ2v) is 16.7. The molecular weight excluding hydrogens is 697 g/mol. The Bertz CT molecular complexity index is 3290. The quantitative estimate of drug-likeness (QED) is 0.181. The summed E-state index contributed by atoms with van der Waals surface area (Å²) >= 11 is 0. The van der Waals surface area contributed by atoms with E-state index >= 15 is 0 Å². The molecule has 0 spiro atoms. The van der Waals surface area contributed by atoms with E-state index < -0.39 is 0 Å². The topological polar surface area (TPSA) is 42.4 Å². The Morgan fingerprint density at radius 1 is 0.456 bits per heavy atom. The molecule has 0 fully saturated rings. The molecule has 0 amide bonds. The molecule has 0 saturated carbocycles. The first-order chi connectivity index (χ1) is 27.8. The summed E-state index contributed by atoms with van der Waals surface area (Å²) in [6.45, 7) is 9.43. The molecule has 0 saturated heterocycles. The van der Waals surface area contributed by atoms with Crippen LogP contribution in [0.25, 0.3) is 77.5 Å². The highest BCUT2D eigenvalue weighted by Gasteiger charge is 2.39. The van der Waals surface area contributed by atoms with Crippen molar-refractivity contribution in [3.8, 4) is 33.7 Å². The second-order valence-electron chi connectivity index (χ2n) is 16.7. The van der Waals surface area contributed by atoms with Gasteiger partial charge in [-0.25, -0.2) is 4.98 Å². The van der Waals surface area contributed by atoms with Crippen LogP contribution in [0.5, 0.6) is 0 Å². The van der Waals surface area contributed by atoms with Gasteiger partial charge in [-0.2, -0.15) is 0 Å². The van der Waals surface area contributed by atoms with Crippen LogP contribution in [0.3, 0.4) is 0 Å². The predicted octanol–water partition coefficient (Wildman–Crippen LogP) is 14.6. The number of oxazole rings is 1. The minimum atomic E-state index is -0.165. The fourth-order valence-corrected chi connectivity index (χ4v) is 10.1. The van der Waals surface area contributed by atoms with Gasteiger partial charge in [0.2, 0.25) is 5.89 Å². The Balaban J connectivity index is 1.19. The van der Waals surface area contributed by atoms with Crippen molar-refractivity contribution >= 4 is 60.9 Å². The number of aromatic nitrogens is 1. The van der Waals surface area contributed by atoms with E-state index in [1.807, 2.05) is 30.3 Å². The Hall–Kier alpha value is -6.91. The molecule has 2 aliphatic carbocycles. The summed E-state index contributed by atoms with van der Waals surface area (Å²) in [5, 5.41) is 4.17. The van der Waals surface area contributed by atoms with Gasteiger partial charge < -0.3 is 13.7 Å². The van der Waals surface area contributed by atoms with Crippen LogP contribution in [0.1, 0.15) is 49.9 Å². The zero-order valence-electron chi connectivity index (χ0n) is 32.2. The molecule has 12 rings (SSSR count). The predicted molar refractivity (Wildman–Crippen MR) is 234 cm³/mol. The fourth-order valence-electron chi connectivity index (χ4n) is 10.1. The molecular formula is C53H38N2O2. The van der Waals surface area contributed by atoms with Crippen LogP contribution in [0.2, 0.25) is 0 Å². The van der Waals surface area contributed by atoms with Crippen molar-refractivity contribution in [3.63, 3.8) is 0 Å². The molecule has 4 heteroatoms. The Morgan fingerprint density at radius 2 is 1.09 bits per heavy atom. The van der Waals surface area contributed by atoms with Gasteiger partial charge in [-0.15, -0.1) is 0 Å². The molecule has 0 aliphatic heterocycles. The SMILES string of the molecule is CC1(C)c2ccccc2-c2ccc(N(c3cccc4c3-c3ccccc3C4(C)C)c3cc4c(oc5cccc(-c6nc7ccccc7o6)c54)c4ccccc34)cc21. The molecule has 0 bridgehead atoms. The largest absolute Gasteiger partial charge is 0.455 e. The highest BCUT2D eigenvalue weighted by molar-refractivity contribution is 6.22. The molecule has 10 aromatic rings. The van der Waals surface area contributed by atoms with Gasteiger partial charge in [-0.1, -0.05) is 137 Å². The standard InChI is InChI=1S/C53H38N2O2/c1-52(2)40-21-10-8-18-36(40)49-41(52)22-14-24-44(49)55(31-27-28-33-32-15-7-9-20-39(32)53(3,4)42(33)29-31)45-30-38-48-37(51-54-43-23-11-12-25-46(43)57-51)19-13-26-47(48)56-50(38)35-17-6-5-16-34(35)45/h5-30H,1-4H3. The van der Waals surface area contributed by atoms with Gasteiger partial charge in [0.05, 0.1) is 11.4 Å². The number of fused-ring (bicyclic) bond motifs is 12. The van der Waals surface area contributed by atoms with Crippen LogP contribution in [0.4, 0.5) is 17.1 Å². The van der Waals surface area contributed by atoms with Crippen LogP contribution < -0.4 is 4.90 Å². The lowest BCUT2D eigenvalue weighted by atomic mass is 9.82. The first kappa shape index (κ1) is 32.3. The van der Waals surface area contributed by atoms with Gasteiger partial charge in [-0.3, -0.25) is 0 Å². The number of hydrogen-bond donors (Lipinski definition) is 0. The van der Waals surface area contributed by atoms with Gasteiger partial charge in [0.1, 0.15) is 16.7 Å². The average Bonchev–Trinajstić information content (AvgIpc) is 3.96. The normalized spacial score (nSPS) is 14.6. The van der Waals surface area contributed by atoms with Crippen molar-refractivity contribution in [2.75, 3.05) is 4.90 Å². The Morgan fingerprint density at radius 3 is 1.93 bits per heavy atom. The van der Waals surface area contributed by atoms with E-state index in [4.69, 9.17) is 13.8 Å². The minimum Gasteiger partial charge on any atom is -0.455 e. The number of rotatable bonds is 4. The van der Waals surface area contributed by atoms with Crippen molar-refractivity contribution in [3.05, 3.63) is 180 Å². The van der Waals surface area contributed by atoms with E-state index in [2.05, 4.69) is 160 Å². The number of hydrogen-bond acceptors (Lipinski definition) is 4. The molecule has 2 heterocycles. The number of furan rings is 1. The summed E-state index contributed by atoms with van der Waals surface area (Å²) in [5.41, 5.74) is 17.7. The number of nitrogens with zero attached hydrogens (tertiary/aromatic N) is 2. The first-order valence-electron chi connectivity index (χ1n) is 19.8. The molecule has 57 heavy (non-hydrogen) atoms. The smallest absolute Gasteiger partial charge is 0.228 e. The van der Waals surface area contributed by atoms with E-state index in [1.165, 1.54) is 44.5 Å². The van der Waals surface area contributed by atoms with E-state index in [0.717, 1.165) is 66.4 Å². The van der Waals surface area contributed by atoms with Crippen molar-refractivity contribution in [2.45, 2.75) is 38.5 Å². The minimum absolute atomic E-state index is 0.156. The van der Waals surface area contributed by atoms with Crippen LogP contribution in [0.15, 0.2) is 167 Å². The van der Waals surface area contributed by atoms with Gasteiger partial charge in [0, 0.05) is 49.2 Å². The van der Waals surface area contributed by atoms with Crippen molar-refractivity contribution < 1.29 is 8.83 Å². The maximum absolute atomic E-state index is 6.83. The summed E-state index contributed by atoms with van der Waals surface area (Å²) in [7, 11) is 0. The van der Waals surface area contributed by atoms with Crippen LogP contribution in [-0.2, 0) is 10.8 Å². The molecule has 0 unspecified atom stereocenters. The molecule has 2 aromatic heterocycles. The molecule has 4 nitrogen and oxygen atoms in total. The molecule has 272 valence electrons. The van der Waals surface area contributed by atoms with E-state index in [-0.39, 0.29) is 10.8 Å². The summed E-state index contributed by atoms with van der Waals surface area (Å²) < 4.78 is 13.2. The van der Waals surface area contributed by atoms with Crippen molar-refractivity contribution in [1.29, 1.82) is 0 Å². The van der Waals surface area contributed by atoms with E-state index in [1.54, 1.807) is 0 Å². The number of anilines is 3. The first-order valence-corrected chi connectivity index (χ1v) is 19.8. The van der Waals surface area contributed by atoms with Crippen molar-refractivity contribution in [1.82, 2.24) is 4.98 Å². The lowest BCUT2D eigenvalue weighted by Gasteiger charge is -2.31. The summed E-state index contributed by atoms with van der Waals surface area (Å²) in [5.74, 6) is 0.580. The molecule has 0 radical (unpaired) electrons. The Labute approximate surface area is 330 Å². The average molecular weight is 735 g/mol. The second kappa shape index (κ2) is 11.3. The lowest BCUT2D eigenvalue weighted by Crippen LogP contribution is -2.17. The highest BCUT2D eigenvalue weighted by Crippen LogP contribution is 2.57. The highest BCUT2D eigenvalue weighted by atomic mass is 16.3. The molecule has 2 aliphatic rings. The molecule has 8 aromatic carbocycles. The Kier molecular flexibility index (Phi) is 6.43. The van der Waals surface area contributed by atoms with Crippen LogP contribution in [-0.4, -0.2) is 4.98 Å². The molecule has 0 N–H and O–H groups in total. The number of benzene rings is 8. The summed E-state index contributed by atoms with van der Waals surface area (Å²) in [6, 6.07) is 56.9. The van der Waals surface area contributed by atoms with Crippen LogP contribution >= 0.6 is 0 Å². The van der Waals surface area contributed by atoms with Crippen molar-refractivity contribution in [2.24, 2.45) is 0 Å². The maximum Gasteiger partial charge on any atom is 0.228 e. The third-order valence-corrected chi connectivity index (χ3v) is 12.9. The van der Waals surface area contributed by atoms with E-state index in [0.29, 0.717) is 5.89 Å². The monoisotopic (exact) mass is 734 g/mol. The zero-order chi connectivity index (χ0) is 38.2. The molecule has 0 atom stereocenters. The maximum atomic E-state index is 6.83. The van der Waals surface area contributed by atoms with Crippen LogP contribution in [0, 0.1) is 0 Å². The zero-order valence-corrected chi connectivity index (χ0v) is 32.2. The van der Waals surface area contributed by atoms with Gasteiger partial charge in [0.25, 0.3) is 0 Å². The van der Waals surface area contributed by atoms with Gasteiger partial charge in [0.15, 0.2) is 5.58 Å². The van der Waals surface area contributed by atoms with Gasteiger partial charge >= 0.3 is 0 Å². The fraction of sp³-hybridized carbons (Fsp3) is 0.113. The lowest BCUT2D eigenvalue weighted by molar-refractivity contribution is 0.620. The summed E-state index contributed by atoms with van der Waals surface area (Å²) in [6.07, 6.45) is 0. The van der Waals surface area contributed by atoms with E-state index in [9.17, 15) is 0 Å². The summed E-state index contributed by atoms with van der Waals surface area (Å²) in [4.78, 5) is 7.47. The third-order valence-electron chi connectivity index (χ3n) is 12.9. The van der Waals surface area contributed by atoms with Gasteiger partial charge in [-0.05, 0) is 87.5 Å². The third kappa shape index (κ3) is 4.36. The number of para-hydroxylation sites is 2.